The molecule has 28 heavy (non-hydrogen) atoms. The van der Waals surface area contributed by atoms with Crippen molar-refractivity contribution in [1.29, 1.82) is 0 Å². The Hall–Kier alpha value is -1.50. The van der Waals surface area contributed by atoms with Crippen LogP contribution >= 0.6 is 15.9 Å². The number of likely N-dealkylation sites (N-methyl/N-ethyl adjacent to an activating group) is 1. The fourth-order valence-electron chi connectivity index (χ4n) is 3.92. The standard InChI is InChI=1S/C22H27BrF2NO2/c1-26(2,8-7-15-9-16-5-3-4-6-17(16)10-15)13-19(27)14-28-21-12-18(23)11-20(24)22(21)25/h3-6,11-12,15,19,27H,7-10,13-14H2,1-2H3/q+1/t19-/m1/s1. The molecule has 0 aromatic heterocycles. The van der Waals surface area contributed by atoms with E-state index >= 15 is 0 Å². The van der Waals surface area contributed by atoms with E-state index in [2.05, 4.69) is 54.3 Å². The zero-order chi connectivity index (χ0) is 20.3. The minimum Gasteiger partial charge on any atom is -0.487 e. The van der Waals surface area contributed by atoms with Crippen molar-refractivity contribution >= 4 is 15.9 Å². The summed E-state index contributed by atoms with van der Waals surface area (Å²) < 4.78 is 33.6. The van der Waals surface area contributed by atoms with Crippen molar-refractivity contribution in [3.63, 3.8) is 0 Å². The van der Waals surface area contributed by atoms with Crippen molar-refractivity contribution in [2.24, 2.45) is 5.92 Å². The molecule has 0 amide bonds. The monoisotopic (exact) mass is 454 g/mol. The Balaban J connectivity index is 1.46. The van der Waals surface area contributed by atoms with Gasteiger partial charge in [0.2, 0.25) is 5.82 Å². The highest BCUT2D eigenvalue weighted by Gasteiger charge is 2.26. The fraction of sp³-hybridized carbons (Fsp3) is 0.455. The molecule has 0 aliphatic heterocycles. The Kier molecular flexibility index (Phi) is 6.73. The van der Waals surface area contributed by atoms with E-state index in [1.165, 1.54) is 17.2 Å². The smallest absolute Gasteiger partial charge is 0.200 e. The van der Waals surface area contributed by atoms with Gasteiger partial charge in [0.05, 0.1) is 20.6 Å². The third-order valence-electron chi connectivity index (χ3n) is 5.37. The van der Waals surface area contributed by atoms with Gasteiger partial charge in [-0.25, -0.2) is 4.39 Å². The maximum Gasteiger partial charge on any atom is 0.200 e. The summed E-state index contributed by atoms with van der Waals surface area (Å²) >= 11 is 3.11. The molecule has 6 heteroatoms. The van der Waals surface area contributed by atoms with E-state index < -0.39 is 17.7 Å². The van der Waals surface area contributed by atoms with Crippen LogP contribution in [0.2, 0.25) is 0 Å². The van der Waals surface area contributed by atoms with Crippen LogP contribution < -0.4 is 4.74 Å². The van der Waals surface area contributed by atoms with E-state index in [0.29, 0.717) is 21.4 Å². The highest BCUT2D eigenvalue weighted by atomic mass is 79.9. The first-order valence-corrected chi connectivity index (χ1v) is 10.4. The van der Waals surface area contributed by atoms with Gasteiger partial charge in [0.15, 0.2) is 11.6 Å². The Morgan fingerprint density at radius 1 is 1.18 bits per heavy atom. The summed E-state index contributed by atoms with van der Waals surface area (Å²) in [5, 5.41) is 10.3. The average molecular weight is 455 g/mol. The molecule has 0 heterocycles. The Bertz CT molecular complexity index is 803. The van der Waals surface area contributed by atoms with E-state index in [1.807, 2.05) is 0 Å². The molecule has 0 unspecified atom stereocenters. The fourth-order valence-corrected chi connectivity index (χ4v) is 4.33. The van der Waals surface area contributed by atoms with Crippen LogP contribution in [0.4, 0.5) is 8.78 Å². The van der Waals surface area contributed by atoms with Crippen LogP contribution in [0.25, 0.3) is 0 Å². The summed E-state index contributed by atoms with van der Waals surface area (Å²) in [7, 11) is 4.15. The number of nitrogens with zero attached hydrogens (tertiary/aromatic N) is 1. The molecule has 1 aliphatic carbocycles. The van der Waals surface area contributed by atoms with Gasteiger partial charge >= 0.3 is 0 Å². The maximum absolute atomic E-state index is 13.8. The molecular formula is C22H27BrF2NO2+. The van der Waals surface area contributed by atoms with Crippen LogP contribution in [0.5, 0.6) is 5.75 Å². The molecule has 1 aliphatic rings. The molecule has 2 aromatic rings. The molecule has 3 rings (SSSR count). The van der Waals surface area contributed by atoms with E-state index in [1.54, 1.807) is 0 Å². The SMILES string of the molecule is C[N+](C)(CCC1Cc2ccccc2C1)C[C@@H](O)COc1cc(Br)cc(F)c1F. The predicted octanol–water partition coefficient (Wildman–Crippen LogP) is 4.35. The maximum atomic E-state index is 13.8. The first kappa shape index (κ1) is 21.2. The quantitative estimate of drug-likeness (QED) is 0.474. The van der Waals surface area contributed by atoms with Gasteiger partial charge in [0, 0.05) is 10.9 Å². The minimum absolute atomic E-state index is 0.0800. The molecule has 0 saturated carbocycles. The highest BCUT2D eigenvalue weighted by Crippen LogP contribution is 2.29. The van der Waals surface area contributed by atoms with Gasteiger partial charge < -0.3 is 14.3 Å². The molecule has 0 fully saturated rings. The summed E-state index contributed by atoms with van der Waals surface area (Å²) in [5.41, 5.74) is 2.91. The number of fused-ring (bicyclic) bond motifs is 1. The van der Waals surface area contributed by atoms with Crippen LogP contribution in [0.1, 0.15) is 17.5 Å². The third-order valence-corrected chi connectivity index (χ3v) is 5.83. The van der Waals surface area contributed by atoms with Crippen LogP contribution in [-0.4, -0.2) is 49.5 Å². The lowest BCUT2D eigenvalue weighted by atomic mass is 10.0. The van der Waals surface area contributed by atoms with Crippen molar-refractivity contribution in [3.05, 3.63) is 63.6 Å². The van der Waals surface area contributed by atoms with Crippen LogP contribution in [0.15, 0.2) is 40.9 Å². The molecular weight excluding hydrogens is 428 g/mol. The molecule has 2 aromatic carbocycles. The molecule has 0 spiro atoms. The van der Waals surface area contributed by atoms with Gasteiger partial charge in [-0.15, -0.1) is 0 Å². The van der Waals surface area contributed by atoms with Crippen molar-refractivity contribution in [2.45, 2.75) is 25.4 Å². The van der Waals surface area contributed by atoms with Crippen molar-refractivity contribution in [3.8, 4) is 5.75 Å². The Labute approximate surface area is 173 Å². The Morgan fingerprint density at radius 2 is 1.82 bits per heavy atom. The zero-order valence-electron chi connectivity index (χ0n) is 16.3. The van der Waals surface area contributed by atoms with Crippen molar-refractivity contribution in [2.75, 3.05) is 33.8 Å². The lowest BCUT2D eigenvalue weighted by Crippen LogP contribution is -2.48. The van der Waals surface area contributed by atoms with E-state index in [4.69, 9.17) is 4.74 Å². The summed E-state index contributed by atoms with van der Waals surface area (Å²) in [6.07, 6.45) is 2.56. The number of hydrogen-bond acceptors (Lipinski definition) is 2. The first-order chi connectivity index (χ1) is 13.2. The number of ether oxygens (including phenoxy) is 1. The van der Waals surface area contributed by atoms with Gasteiger partial charge in [-0.05, 0) is 42.0 Å². The normalized spacial score (nSPS) is 15.5. The molecule has 152 valence electrons. The summed E-state index contributed by atoms with van der Waals surface area (Å²) in [5.74, 6) is -1.57. The number of hydrogen-bond donors (Lipinski definition) is 1. The predicted molar refractivity (Wildman–Crippen MR) is 109 cm³/mol. The largest absolute Gasteiger partial charge is 0.487 e. The lowest BCUT2D eigenvalue weighted by Gasteiger charge is -2.32. The van der Waals surface area contributed by atoms with E-state index in [0.717, 1.165) is 31.9 Å². The summed E-state index contributed by atoms with van der Waals surface area (Å²) in [6.45, 7) is 1.34. The highest BCUT2D eigenvalue weighted by molar-refractivity contribution is 9.10. The minimum atomic E-state index is -1.04. The average Bonchev–Trinajstić information content (AvgIpc) is 3.04. The number of benzene rings is 2. The number of aliphatic hydroxyl groups is 1. The molecule has 0 radical (unpaired) electrons. The number of quaternary nitrogens is 1. The zero-order valence-corrected chi connectivity index (χ0v) is 17.9. The van der Waals surface area contributed by atoms with Crippen molar-refractivity contribution < 1.29 is 23.1 Å². The molecule has 1 atom stereocenters. The van der Waals surface area contributed by atoms with Crippen LogP contribution in [-0.2, 0) is 12.8 Å². The Morgan fingerprint density at radius 3 is 2.46 bits per heavy atom. The van der Waals surface area contributed by atoms with Gasteiger partial charge in [0.25, 0.3) is 0 Å². The second kappa shape index (κ2) is 8.89. The van der Waals surface area contributed by atoms with Gasteiger partial charge in [-0.3, -0.25) is 0 Å². The van der Waals surface area contributed by atoms with E-state index in [-0.39, 0.29) is 12.4 Å². The third kappa shape index (κ3) is 5.52. The molecule has 3 nitrogen and oxygen atoms in total. The van der Waals surface area contributed by atoms with Crippen LogP contribution in [0, 0.1) is 17.6 Å². The number of halogens is 3. The first-order valence-electron chi connectivity index (χ1n) is 9.58. The molecule has 1 N–H and O–H groups in total. The van der Waals surface area contributed by atoms with Gasteiger partial charge in [-0.1, -0.05) is 40.2 Å². The van der Waals surface area contributed by atoms with Crippen molar-refractivity contribution in [1.82, 2.24) is 0 Å². The van der Waals surface area contributed by atoms with E-state index in [9.17, 15) is 13.9 Å². The summed E-state index contributed by atoms with van der Waals surface area (Å²) in [4.78, 5) is 0. The molecule has 0 bridgehead atoms. The second-order valence-corrected chi connectivity index (χ2v) is 9.25. The second-order valence-electron chi connectivity index (χ2n) is 8.34. The van der Waals surface area contributed by atoms with Gasteiger partial charge in [0.1, 0.15) is 19.3 Å². The lowest BCUT2D eigenvalue weighted by molar-refractivity contribution is -0.894. The van der Waals surface area contributed by atoms with Crippen LogP contribution in [0.3, 0.4) is 0 Å². The number of aliphatic hydroxyl groups excluding tert-OH is 1. The summed E-state index contributed by atoms with van der Waals surface area (Å²) in [6, 6.07) is 11.0. The number of rotatable bonds is 8. The topological polar surface area (TPSA) is 29.5 Å². The molecule has 0 saturated heterocycles. The van der Waals surface area contributed by atoms with Gasteiger partial charge in [-0.2, -0.15) is 4.39 Å².